The van der Waals surface area contributed by atoms with E-state index in [0.717, 1.165) is 16.7 Å². The minimum atomic E-state index is -0.477. The van der Waals surface area contributed by atoms with Gasteiger partial charge in [-0.25, -0.2) is 0 Å². The van der Waals surface area contributed by atoms with Gasteiger partial charge in [0.25, 0.3) is 0 Å². The Kier molecular flexibility index (Phi) is 5.10. The summed E-state index contributed by atoms with van der Waals surface area (Å²) >= 11 is 1.59. The van der Waals surface area contributed by atoms with E-state index in [9.17, 15) is 5.11 Å². The summed E-state index contributed by atoms with van der Waals surface area (Å²) in [4.78, 5) is 0. The molecule has 3 N–H and O–H groups in total. The van der Waals surface area contributed by atoms with Gasteiger partial charge >= 0.3 is 0 Å². The predicted molar refractivity (Wildman–Crippen MR) is 78.1 cm³/mol. The summed E-state index contributed by atoms with van der Waals surface area (Å²) in [6.45, 7) is 2.62. The fourth-order valence-electron chi connectivity index (χ4n) is 1.95. The van der Waals surface area contributed by atoms with E-state index in [-0.39, 0.29) is 12.6 Å². The average molecular weight is 277 g/mol. The van der Waals surface area contributed by atoms with Crippen molar-refractivity contribution in [1.82, 2.24) is 5.32 Å². The molecule has 1 aromatic heterocycles. The summed E-state index contributed by atoms with van der Waals surface area (Å²) in [5, 5.41) is 26.4. The molecular weight excluding hydrogens is 258 g/mol. The van der Waals surface area contributed by atoms with E-state index in [2.05, 4.69) is 12.2 Å². The first-order chi connectivity index (χ1) is 9.20. The Bertz CT molecular complexity index is 499. The van der Waals surface area contributed by atoms with Crippen molar-refractivity contribution in [2.45, 2.75) is 25.7 Å². The maximum Gasteiger partial charge on any atom is 0.0922 e. The SMILES string of the molecule is CC(NCC(O)c1ccsc1)c1cccc(CO)c1. The van der Waals surface area contributed by atoms with Crippen molar-refractivity contribution in [2.24, 2.45) is 0 Å². The first-order valence-electron chi connectivity index (χ1n) is 6.34. The van der Waals surface area contributed by atoms with E-state index in [1.54, 1.807) is 11.3 Å². The molecule has 2 rings (SSSR count). The molecule has 1 aromatic carbocycles. The molecular formula is C15H19NO2S. The van der Waals surface area contributed by atoms with Crippen LogP contribution in [-0.4, -0.2) is 16.8 Å². The second-order valence-corrected chi connectivity index (χ2v) is 5.39. The highest BCUT2D eigenvalue weighted by molar-refractivity contribution is 7.07. The number of rotatable bonds is 6. The normalized spacial score (nSPS) is 14.3. The third-order valence-electron chi connectivity index (χ3n) is 3.18. The van der Waals surface area contributed by atoms with Crippen LogP contribution in [0.4, 0.5) is 0 Å². The van der Waals surface area contributed by atoms with Crippen LogP contribution in [0.15, 0.2) is 41.1 Å². The van der Waals surface area contributed by atoms with E-state index in [1.807, 2.05) is 41.1 Å². The molecule has 2 atom stereocenters. The molecule has 4 heteroatoms. The Morgan fingerprint density at radius 3 is 2.79 bits per heavy atom. The highest BCUT2D eigenvalue weighted by Crippen LogP contribution is 2.18. The lowest BCUT2D eigenvalue weighted by atomic mass is 10.0. The molecule has 0 amide bonds. The number of benzene rings is 1. The fraction of sp³-hybridized carbons (Fsp3) is 0.333. The van der Waals surface area contributed by atoms with Gasteiger partial charge < -0.3 is 15.5 Å². The highest BCUT2D eigenvalue weighted by Gasteiger charge is 2.11. The molecule has 2 unspecified atom stereocenters. The zero-order chi connectivity index (χ0) is 13.7. The van der Waals surface area contributed by atoms with Crippen LogP contribution >= 0.6 is 11.3 Å². The van der Waals surface area contributed by atoms with Crippen LogP contribution in [0.1, 0.15) is 35.8 Å². The van der Waals surface area contributed by atoms with Crippen LogP contribution in [0.5, 0.6) is 0 Å². The average Bonchev–Trinajstić information content (AvgIpc) is 2.98. The summed E-state index contributed by atoms with van der Waals surface area (Å²) in [6.07, 6.45) is -0.477. The second-order valence-electron chi connectivity index (χ2n) is 4.61. The van der Waals surface area contributed by atoms with Gasteiger partial charge in [0.15, 0.2) is 0 Å². The lowest BCUT2D eigenvalue weighted by molar-refractivity contribution is 0.171. The van der Waals surface area contributed by atoms with E-state index >= 15 is 0 Å². The van der Waals surface area contributed by atoms with E-state index in [1.165, 1.54) is 0 Å². The predicted octanol–water partition coefficient (Wildman–Crippen LogP) is 2.62. The molecule has 2 aromatic rings. The van der Waals surface area contributed by atoms with E-state index < -0.39 is 6.10 Å². The third-order valence-corrected chi connectivity index (χ3v) is 3.88. The summed E-state index contributed by atoms with van der Waals surface area (Å²) in [7, 11) is 0. The van der Waals surface area contributed by atoms with E-state index in [0.29, 0.717) is 6.54 Å². The largest absolute Gasteiger partial charge is 0.392 e. The summed E-state index contributed by atoms with van der Waals surface area (Å²) in [6, 6.07) is 9.92. The lowest BCUT2D eigenvalue weighted by Crippen LogP contribution is -2.24. The van der Waals surface area contributed by atoms with Gasteiger partial charge in [-0.1, -0.05) is 24.3 Å². The van der Waals surface area contributed by atoms with Gasteiger partial charge in [-0.3, -0.25) is 0 Å². The quantitative estimate of drug-likeness (QED) is 0.761. The van der Waals surface area contributed by atoms with Gasteiger partial charge in [0.1, 0.15) is 0 Å². The molecule has 102 valence electrons. The third kappa shape index (κ3) is 3.88. The second kappa shape index (κ2) is 6.82. The van der Waals surface area contributed by atoms with Crippen molar-refractivity contribution in [1.29, 1.82) is 0 Å². The van der Waals surface area contributed by atoms with Crippen LogP contribution in [0, 0.1) is 0 Å². The van der Waals surface area contributed by atoms with Crippen LogP contribution in [0.25, 0.3) is 0 Å². The number of thiophene rings is 1. The molecule has 0 radical (unpaired) electrons. The van der Waals surface area contributed by atoms with Crippen LogP contribution in [0.2, 0.25) is 0 Å². The molecule has 0 saturated carbocycles. The maximum atomic E-state index is 10.0. The summed E-state index contributed by atoms with van der Waals surface area (Å²) < 4.78 is 0. The molecule has 0 fully saturated rings. The molecule has 0 saturated heterocycles. The van der Waals surface area contributed by atoms with Crippen molar-refractivity contribution < 1.29 is 10.2 Å². The molecule has 0 bridgehead atoms. The van der Waals surface area contributed by atoms with Crippen LogP contribution in [0.3, 0.4) is 0 Å². The molecule has 0 aliphatic carbocycles. The summed E-state index contributed by atoms with van der Waals surface area (Å²) in [5.74, 6) is 0. The summed E-state index contributed by atoms with van der Waals surface area (Å²) in [5.41, 5.74) is 2.97. The van der Waals surface area contributed by atoms with Crippen molar-refractivity contribution in [3.63, 3.8) is 0 Å². The maximum absolute atomic E-state index is 10.0. The number of aliphatic hydroxyl groups is 2. The van der Waals surface area contributed by atoms with Gasteiger partial charge in [-0.2, -0.15) is 11.3 Å². The lowest BCUT2D eigenvalue weighted by Gasteiger charge is -2.17. The first-order valence-corrected chi connectivity index (χ1v) is 7.28. The standard InChI is InChI=1S/C15H19NO2S/c1-11(13-4-2-3-12(7-13)9-17)16-8-15(18)14-5-6-19-10-14/h2-7,10-11,15-18H,8-9H2,1H3. The van der Waals surface area contributed by atoms with Gasteiger partial charge in [0.05, 0.1) is 12.7 Å². The van der Waals surface area contributed by atoms with Crippen LogP contribution in [-0.2, 0) is 6.61 Å². The minimum Gasteiger partial charge on any atom is -0.392 e. The Balaban J connectivity index is 1.91. The minimum absolute atomic E-state index is 0.0537. The molecule has 0 aliphatic heterocycles. The van der Waals surface area contributed by atoms with Crippen molar-refractivity contribution in [2.75, 3.05) is 6.54 Å². The van der Waals surface area contributed by atoms with Crippen molar-refractivity contribution in [3.05, 3.63) is 57.8 Å². The topological polar surface area (TPSA) is 52.5 Å². The molecule has 1 heterocycles. The first kappa shape index (κ1) is 14.2. The number of hydrogen-bond donors (Lipinski definition) is 3. The van der Waals surface area contributed by atoms with Gasteiger partial charge in [-0.15, -0.1) is 0 Å². The Labute approximate surface area is 117 Å². The highest BCUT2D eigenvalue weighted by atomic mass is 32.1. The van der Waals surface area contributed by atoms with Crippen molar-refractivity contribution >= 4 is 11.3 Å². The Morgan fingerprint density at radius 1 is 1.26 bits per heavy atom. The zero-order valence-corrected chi connectivity index (χ0v) is 11.7. The molecule has 0 aliphatic rings. The molecule has 3 nitrogen and oxygen atoms in total. The smallest absolute Gasteiger partial charge is 0.0922 e. The Hall–Kier alpha value is -1.20. The van der Waals surface area contributed by atoms with Gasteiger partial charge in [0, 0.05) is 12.6 Å². The number of aliphatic hydroxyl groups excluding tert-OH is 2. The van der Waals surface area contributed by atoms with Gasteiger partial charge in [0.2, 0.25) is 0 Å². The van der Waals surface area contributed by atoms with Gasteiger partial charge in [-0.05, 0) is 40.4 Å². The monoisotopic (exact) mass is 277 g/mol. The van der Waals surface area contributed by atoms with E-state index in [4.69, 9.17) is 5.11 Å². The van der Waals surface area contributed by atoms with Crippen LogP contribution < -0.4 is 5.32 Å². The molecule has 0 spiro atoms. The van der Waals surface area contributed by atoms with Crippen molar-refractivity contribution in [3.8, 4) is 0 Å². The zero-order valence-electron chi connectivity index (χ0n) is 10.9. The Morgan fingerprint density at radius 2 is 2.11 bits per heavy atom. The number of nitrogens with one attached hydrogen (secondary N) is 1. The molecule has 19 heavy (non-hydrogen) atoms. The number of hydrogen-bond acceptors (Lipinski definition) is 4. The fourth-order valence-corrected chi connectivity index (χ4v) is 2.66.